The number of hydrogen-bond donors (Lipinski definition) is 1. The van der Waals surface area contributed by atoms with Crippen LogP contribution < -0.4 is 14.2 Å². The van der Waals surface area contributed by atoms with Crippen LogP contribution in [0.1, 0.15) is 27.8 Å². The van der Waals surface area contributed by atoms with Gasteiger partial charge in [0.1, 0.15) is 5.60 Å². The van der Waals surface area contributed by atoms with Crippen LogP contribution in [0, 0.1) is 0 Å². The molecule has 1 unspecified atom stereocenters. The highest BCUT2D eigenvalue weighted by Crippen LogP contribution is 2.42. The number of pyridine rings is 2. The summed E-state index contributed by atoms with van der Waals surface area (Å²) in [5.41, 5.74) is 3.53. The van der Waals surface area contributed by atoms with Crippen molar-refractivity contribution in [3.8, 4) is 23.1 Å². The van der Waals surface area contributed by atoms with Gasteiger partial charge in [-0.3, -0.25) is 4.98 Å². The molecular formula is C34H29ClN4O4. The van der Waals surface area contributed by atoms with Gasteiger partial charge >= 0.3 is 0 Å². The van der Waals surface area contributed by atoms with Gasteiger partial charge in [0.25, 0.3) is 0 Å². The minimum atomic E-state index is -1.59. The first-order valence-corrected chi connectivity index (χ1v) is 13.9. The molecule has 0 radical (unpaired) electrons. The van der Waals surface area contributed by atoms with Crippen LogP contribution in [0.15, 0.2) is 104 Å². The maximum atomic E-state index is 12.5. The van der Waals surface area contributed by atoms with Gasteiger partial charge in [-0.25, -0.2) is 9.67 Å². The molecule has 0 amide bonds. The van der Waals surface area contributed by atoms with Gasteiger partial charge in [0.15, 0.2) is 11.5 Å². The van der Waals surface area contributed by atoms with Crippen molar-refractivity contribution in [2.75, 3.05) is 21.3 Å². The smallest absolute Gasteiger partial charge is 0.218 e. The Balaban J connectivity index is 1.47. The van der Waals surface area contributed by atoms with E-state index in [0.29, 0.717) is 56.4 Å². The van der Waals surface area contributed by atoms with Crippen LogP contribution in [0.25, 0.3) is 16.6 Å². The summed E-state index contributed by atoms with van der Waals surface area (Å²) in [7, 11) is 4.72. The van der Waals surface area contributed by atoms with Crippen LogP contribution in [0.3, 0.4) is 0 Å². The topological polar surface area (TPSA) is 91.5 Å². The largest absolute Gasteiger partial charge is 0.493 e. The van der Waals surface area contributed by atoms with Crippen molar-refractivity contribution in [1.29, 1.82) is 0 Å². The van der Waals surface area contributed by atoms with E-state index in [4.69, 9.17) is 30.8 Å². The van der Waals surface area contributed by atoms with Crippen LogP contribution in [0.5, 0.6) is 17.4 Å². The Bertz CT molecular complexity index is 1880. The molecule has 3 aromatic carbocycles. The molecule has 0 spiro atoms. The number of rotatable bonds is 9. The molecule has 9 heteroatoms. The van der Waals surface area contributed by atoms with Gasteiger partial charge < -0.3 is 19.3 Å². The molecule has 1 N–H and O–H groups in total. The lowest BCUT2D eigenvalue weighted by Gasteiger charge is -2.30. The summed E-state index contributed by atoms with van der Waals surface area (Å²) in [6.45, 7) is 0. The third kappa shape index (κ3) is 5.16. The molecule has 1 atom stereocenters. The third-order valence-corrected chi connectivity index (χ3v) is 7.99. The van der Waals surface area contributed by atoms with Crippen LogP contribution in [0.2, 0.25) is 5.02 Å². The van der Waals surface area contributed by atoms with Crippen molar-refractivity contribution < 1.29 is 19.3 Å². The van der Waals surface area contributed by atoms with Crippen molar-refractivity contribution in [1.82, 2.24) is 19.7 Å². The summed E-state index contributed by atoms with van der Waals surface area (Å²) < 4.78 is 18.5. The summed E-state index contributed by atoms with van der Waals surface area (Å²) in [5, 5.41) is 18.0. The number of aromatic nitrogens is 4. The second-order valence-corrected chi connectivity index (χ2v) is 10.3. The number of nitrogens with zero attached hydrogens (tertiary/aromatic N) is 4. The van der Waals surface area contributed by atoms with E-state index in [9.17, 15) is 5.11 Å². The van der Waals surface area contributed by atoms with Crippen LogP contribution in [-0.2, 0) is 12.0 Å². The Labute approximate surface area is 254 Å². The van der Waals surface area contributed by atoms with Gasteiger partial charge in [0.05, 0.1) is 37.6 Å². The molecule has 0 bridgehead atoms. The fraction of sp³-hybridized carbons (Fsp3) is 0.147. The van der Waals surface area contributed by atoms with Crippen LogP contribution in [-0.4, -0.2) is 46.2 Å². The maximum Gasteiger partial charge on any atom is 0.218 e. The zero-order valence-corrected chi connectivity index (χ0v) is 24.6. The molecule has 216 valence electrons. The second kappa shape index (κ2) is 11.8. The average Bonchev–Trinajstić information content (AvgIpc) is 3.61. The minimum absolute atomic E-state index is 0.448. The molecule has 0 aliphatic rings. The van der Waals surface area contributed by atoms with Gasteiger partial charge in [0, 0.05) is 47.7 Å². The molecule has 43 heavy (non-hydrogen) atoms. The predicted molar refractivity (Wildman–Crippen MR) is 166 cm³/mol. The van der Waals surface area contributed by atoms with Crippen molar-refractivity contribution in [3.63, 3.8) is 0 Å². The van der Waals surface area contributed by atoms with E-state index in [-0.39, 0.29) is 0 Å². The molecule has 0 aliphatic carbocycles. The van der Waals surface area contributed by atoms with E-state index in [1.54, 1.807) is 62.8 Å². The van der Waals surface area contributed by atoms with E-state index in [1.807, 2.05) is 66.9 Å². The molecule has 6 rings (SSSR count). The maximum absolute atomic E-state index is 12.5. The van der Waals surface area contributed by atoms with Gasteiger partial charge in [0.2, 0.25) is 5.88 Å². The summed E-state index contributed by atoms with van der Waals surface area (Å²) in [6.07, 6.45) is 7.45. The van der Waals surface area contributed by atoms with Crippen molar-refractivity contribution in [3.05, 3.63) is 136 Å². The Morgan fingerprint density at radius 3 is 2.26 bits per heavy atom. The summed E-state index contributed by atoms with van der Waals surface area (Å²) >= 11 is 7.12. The molecular weight excluding hydrogens is 564 g/mol. The first kappa shape index (κ1) is 28.2. The molecule has 3 heterocycles. The molecule has 8 nitrogen and oxygen atoms in total. The molecule has 0 saturated heterocycles. The van der Waals surface area contributed by atoms with Crippen molar-refractivity contribution in [2.45, 2.75) is 12.0 Å². The van der Waals surface area contributed by atoms with Crippen LogP contribution in [0.4, 0.5) is 0 Å². The van der Waals surface area contributed by atoms with E-state index in [1.165, 1.54) is 0 Å². The Kier molecular flexibility index (Phi) is 7.71. The lowest BCUT2D eigenvalue weighted by atomic mass is 9.80. The zero-order chi connectivity index (χ0) is 30.0. The van der Waals surface area contributed by atoms with E-state index in [2.05, 4.69) is 10.1 Å². The lowest BCUT2D eigenvalue weighted by Crippen LogP contribution is -2.29. The summed E-state index contributed by atoms with van der Waals surface area (Å²) in [6, 6.07) is 24.5. The van der Waals surface area contributed by atoms with Crippen molar-refractivity contribution in [2.24, 2.45) is 0 Å². The third-order valence-electron chi connectivity index (χ3n) is 7.56. The van der Waals surface area contributed by atoms with Gasteiger partial charge in [-0.05, 0) is 65.2 Å². The normalized spacial score (nSPS) is 12.6. The first-order chi connectivity index (χ1) is 21.0. The van der Waals surface area contributed by atoms with Gasteiger partial charge in [-0.1, -0.05) is 41.9 Å². The fourth-order valence-corrected chi connectivity index (χ4v) is 5.62. The highest BCUT2D eigenvalue weighted by molar-refractivity contribution is 6.36. The van der Waals surface area contributed by atoms with Gasteiger partial charge in [-0.2, -0.15) is 5.10 Å². The Morgan fingerprint density at radius 2 is 1.58 bits per heavy atom. The summed E-state index contributed by atoms with van der Waals surface area (Å²) in [5.74, 6) is 1.50. The standard InChI is InChI=1S/C34H29ClN4O4/c1-41-30-14-10-24(20-31(30)42-2)34(40,25-6-4-15-36-21-25)23-9-13-29-27(19-23)32(35)28(33(38-29)43-3)18-22-7-11-26(12-8-22)39-17-5-16-37-39/h4-17,19-21,40H,18H2,1-3H3. The Hall–Kier alpha value is -4.92. The number of methoxy groups -OCH3 is 3. The SMILES string of the molecule is COc1ccc(C(O)(c2cccnc2)c2ccc3nc(OC)c(Cc4ccc(-n5cccn5)cc4)c(Cl)c3c2)cc1OC. The number of ether oxygens (including phenoxy) is 3. The number of halogens is 1. The van der Waals surface area contributed by atoms with E-state index >= 15 is 0 Å². The molecule has 0 fully saturated rings. The zero-order valence-electron chi connectivity index (χ0n) is 23.9. The quantitative estimate of drug-likeness (QED) is 0.209. The number of fused-ring (bicyclic) bond motifs is 1. The predicted octanol–water partition coefficient (Wildman–Crippen LogP) is 6.37. The number of aliphatic hydroxyl groups is 1. The summed E-state index contributed by atoms with van der Waals surface area (Å²) in [4.78, 5) is 9.06. The van der Waals surface area contributed by atoms with E-state index < -0.39 is 5.60 Å². The molecule has 0 saturated carbocycles. The second-order valence-electron chi connectivity index (χ2n) is 9.96. The minimum Gasteiger partial charge on any atom is -0.493 e. The highest BCUT2D eigenvalue weighted by atomic mass is 35.5. The molecule has 3 aromatic heterocycles. The average molecular weight is 593 g/mol. The van der Waals surface area contributed by atoms with E-state index in [0.717, 1.165) is 16.8 Å². The van der Waals surface area contributed by atoms with Crippen LogP contribution >= 0.6 is 11.6 Å². The monoisotopic (exact) mass is 592 g/mol. The van der Waals surface area contributed by atoms with Crippen molar-refractivity contribution >= 4 is 22.5 Å². The molecule has 6 aromatic rings. The Morgan fingerprint density at radius 1 is 0.814 bits per heavy atom. The first-order valence-electron chi connectivity index (χ1n) is 13.6. The number of benzene rings is 3. The number of hydrogen-bond acceptors (Lipinski definition) is 7. The fourth-order valence-electron chi connectivity index (χ4n) is 5.32. The lowest BCUT2D eigenvalue weighted by molar-refractivity contribution is 0.125. The highest BCUT2D eigenvalue weighted by Gasteiger charge is 2.35. The molecule has 0 aliphatic heterocycles. The van der Waals surface area contributed by atoms with Gasteiger partial charge in [-0.15, -0.1) is 0 Å².